The van der Waals surface area contributed by atoms with Gasteiger partial charge in [0.15, 0.2) is 0 Å². The van der Waals surface area contributed by atoms with Crippen molar-refractivity contribution in [3.8, 4) is 0 Å². The zero-order valence-corrected chi connectivity index (χ0v) is 16.2. The van der Waals surface area contributed by atoms with E-state index in [1.807, 2.05) is 26.8 Å². The summed E-state index contributed by atoms with van der Waals surface area (Å²) in [6, 6.07) is 6.40. The van der Waals surface area contributed by atoms with E-state index in [1.165, 1.54) is 4.57 Å². The molecule has 1 amide bonds. The number of aryl methyl sites for hydroxylation is 1. The molecule has 1 heterocycles. The molecule has 2 rings (SSSR count). The highest BCUT2D eigenvalue weighted by Gasteiger charge is 2.27. The summed E-state index contributed by atoms with van der Waals surface area (Å²) in [7, 11) is 0. The summed E-state index contributed by atoms with van der Waals surface area (Å²) in [5.74, 6) is 0. The third kappa shape index (κ3) is 4.34. The molecule has 0 aliphatic carbocycles. The van der Waals surface area contributed by atoms with Gasteiger partial charge in [0.2, 0.25) is 0 Å². The molecule has 144 valence electrons. The summed E-state index contributed by atoms with van der Waals surface area (Å²) >= 11 is 0. The number of imidazole rings is 1. The average molecular weight is 362 g/mol. The lowest BCUT2D eigenvalue weighted by atomic mass is 9.87. The molecule has 7 nitrogen and oxygen atoms in total. The van der Waals surface area contributed by atoms with Crippen LogP contribution in [0, 0.1) is 5.41 Å². The first-order chi connectivity index (χ1) is 12.0. The predicted molar refractivity (Wildman–Crippen MR) is 103 cm³/mol. The molecule has 0 unspecified atom stereocenters. The molecule has 1 aromatic carbocycles. The molecule has 0 spiro atoms. The summed E-state index contributed by atoms with van der Waals surface area (Å²) in [5.41, 5.74) is 5.45. The van der Waals surface area contributed by atoms with Crippen LogP contribution < -0.4 is 16.7 Å². The Kier molecular flexibility index (Phi) is 5.63. The molecule has 4 N–H and O–H groups in total. The number of carbonyl (C=O) groups is 1. The Morgan fingerprint density at radius 3 is 2.27 bits per heavy atom. The van der Waals surface area contributed by atoms with Gasteiger partial charge in [-0.1, -0.05) is 32.9 Å². The fourth-order valence-corrected chi connectivity index (χ4v) is 2.85. The van der Waals surface area contributed by atoms with E-state index in [4.69, 9.17) is 5.73 Å². The minimum absolute atomic E-state index is 0.229. The second kappa shape index (κ2) is 7.25. The predicted octanol–water partition coefficient (Wildman–Crippen LogP) is 1.90. The van der Waals surface area contributed by atoms with Gasteiger partial charge in [-0.3, -0.25) is 4.57 Å². The van der Waals surface area contributed by atoms with Gasteiger partial charge in [-0.15, -0.1) is 0 Å². The van der Waals surface area contributed by atoms with Crippen molar-refractivity contribution in [2.24, 2.45) is 11.1 Å². The number of benzene rings is 1. The molecule has 0 aliphatic rings. The molecule has 0 bridgehead atoms. The third-order valence-electron chi connectivity index (χ3n) is 4.56. The first-order valence-corrected chi connectivity index (χ1v) is 8.89. The Morgan fingerprint density at radius 1 is 1.19 bits per heavy atom. The quantitative estimate of drug-likeness (QED) is 0.756. The molecule has 0 aliphatic heterocycles. The minimum Gasteiger partial charge on any atom is -0.390 e. The second-order valence-electron chi connectivity index (χ2n) is 8.42. The number of nitrogens with two attached hydrogens (primary N) is 1. The van der Waals surface area contributed by atoms with Gasteiger partial charge < -0.3 is 16.2 Å². The molecule has 0 radical (unpaired) electrons. The molecular weight excluding hydrogens is 332 g/mol. The number of hydrogen-bond donors (Lipinski definition) is 3. The first kappa shape index (κ1) is 20.2. The van der Waals surface area contributed by atoms with Crippen LogP contribution in [-0.4, -0.2) is 38.5 Å². The van der Waals surface area contributed by atoms with Gasteiger partial charge in [-0.2, -0.15) is 0 Å². The normalized spacial score (nSPS) is 13.8. The van der Waals surface area contributed by atoms with Crippen LogP contribution in [0.4, 0.5) is 4.79 Å². The molecule has 1 aromatic heterocycles. The van der Waals surface area contributed by atoms with Crippen molar-refractivity contribution in [2.75, 3.05) is 6.54 Å². The number of aliphatic hydroxyl groups is 1. The molecule has 1 atom stereocenters. The fourth-order valence-electron chi connectivity index (χ4n) is 2.85. The monoisotopic (exact) mass is 362 g/mol. The number of fused-ring (bicyclic) bond motifs is 1. The van der Waals surface area contributed by atoms with E-state index in [9.17, 15) is 14.7 Å². The van der Waals surface area contributed by atoms with Crippen LogP contribution in [0.2, 0.25) is 0 Å². The zero-order valence-electron chi connectivity index (χ0n) is 16.2. The maximum Gasteiger partial charge on any atom is 0.337 e. The number of aromatic nitrogens is 2. The van der Waals surface area contributed by atoms with Gasteiger partial charge >= 0.3 is 11.7 Å². The average Bonchev–Trinajstić information content (AvgIpc) is 2.80. The van der Waals surface area contributed by atoms with E-state index in [-0.39, 0.29) is 18.0 Å². The lowest BCUT2D eigenvalue weighted by Gasteiger charge is -2.30. The highest BCUT2D eigenvalue weighted by Crippen LogP contribution is 2.19. The van der Waals surface area contributed by atoms with E-state index >= 15 is 0 Å². The van der Waals surface area contributed by atoms with Gasteiger partial charge in [-0.25, -0.2) is 14.2 Å². The SMILES string of the molecule is CC(C)(O)CCn1c(=O)n(C(=O)N[C@H](CN)C(C)(C)C)c2ccccc21. The number of hydrogen-bond acceptors (Lipinski definition) is 4. The third-order valence-corrected chi connectivity index (χ3v) is 4.56. The van der Waals surface area contributed by atoms with Crippen LogP contribution in [0.1, 0.15) is 41.0 Å². The standard InChI is InChI=1S/C19H30N4O3/c1-18(2,3)15(12-20)21-16(24)23-14-9-7-6-8-13(14)22(17(23)25)11-10-19(4,5)26/h6-9,15,26H,10-12,20H2,1-5H3,(H,21,24)/t15-/m1/s1. The lowest BCUT2D eigenvalue weighted by molar-refractivity contribution is 0.0663. The highest BCUT2D eigenvalue weighted by molar-refractivity contribution is 5.89. The van der Waals surface area contributed by atoms with Crippen molar-refractivity contribution in [3.05, 3.63) is 34.7 Å². The number of para-hydroxylation sites is 2. The lowest BCUT2D eigenvalue weighted by Crippen LogP contribution is -2.51. The van der Waals surface area contributed by atoms with E-state index < -0.39 is 17.3 Å². The van der Waals surface area contributed by atoms with Gasteiger partial charge in [0.1, 0.15) is 0 Å². The molecule has 2 aromatic rings. The maximum absolute atomic E-state index is 12.9. The van der Waals surface area contributed by atoms with Crippen LogP contribution in [0.25, 0.3) is 11.0 Å². The first-order valence-electron chi connectivity index (χ1n) is 8.89. The van der Waals surface area contributed by atoms with Gasteiger partial charge in [0.05, 0.1) is 16.6 Å². The molecule has 7 heteroatoms. The summed E-state index contributed by atoms with van der Waals surface area (Å²) in [5, 5.41) is 12.9. The van der Waals surface area contributed by atoms with E-state index in [0.29, 0.717) is 24.0 Å². The Hall–Kier alpha value is -2.12. The van der Waals surface area contributed by atoms with Crippen LogP contribution >= 0.6 is 0 Å². The maximum atomic E-state index is 12.9. The number of nitrogens with one attached hydrogen (secondary N) is 1. The van der Waals surface area contributed by atoms with Crippen molar-refractivity contribution < 1.29 is 9.90 Å². The van der Waals surface area contributed by atoms with Crippen LogP contribution in [-0.2, 0) is 6.54 Å². The van der Waals surface area contributed by atoms with E-state index in [1.54, 1.807) is 32.0 Å². The Bertz CT molecular complexity index is 837. The van der Waals surface area contributed by atoms with Gasteiger partial charge in [0.25, 0.3) is 0 Å². The topological polar surface area (TPSA) is 102 Å². The highest BCUT2D eigenvalue weighted by atomic mass is 16.3. The Morgan fingerprint density at radius 2 is 1.77 bits per heavy atom. The van der Waals surface area contributed by atoms with Crippen LogP contribution in [0.5, 0.6) is 0 Å². The number of nitrogens with zero attached hydrogens (tertiary/aromatic N) is 2. The minimum atomic E-state index is -0.901. The van der Waals surface area contributed by atoms with Crippen molar-refractivity contribution >= 4 is 17.1 Å². The van der Waals surface area contributed by atoms with E-state index in [0.717, 1.165) is 4.57 Å². The summed E-state index contributed by atoms with van der Waals surface area (Å²) in [6.07, 6.45) is 0.399. The van der Waals surface area contributed by atoms with Crippen LogP contribution in [0.3, 0.4) is 0 Å². The second-order valence-corrected chi connectivity index (χ2v) is 8.42. The van der Waals surface area contributed by atoms with Crippen molar-refractivity contribution in [2.45, 2.75) is 59.2 Å². The Labute approximate surface area is 153 Å². The van der Waals surface area contributed by atoms with Crippen molar-refractivity contribution in [1.29, 1.82) is 0 Å². The van der Waals surface area contributed by atoms with Gasteiger partial charge in [-0.05, 0) is 37.8 Å². The van der Waals surface area contributed by atoms with Gasteiger partial charge in [0, 0.05) is 19.1 Å². The smallest absolute Gasteiger partial charge is 0.337 e. The molecule has 26 heavy (non-hydrogen) atoms. The van der Waals surface area contributed by atoms with Crippen molar-refractivity contribution in [1.82, 2.24) is 14.5 Å². The number of amides is 1. The summed E-state index contributed by atoms with van der Waals surface area (Å²) in [6.45, 7) is 9.95. The van der Waals surface area contributed by atoms with Crippen molar-refractivity contribution in [3.63, 3.8) is 0 Å². The molecule has 0 fully saturated rings. The number of carbonyl (C=O) groups excluding carboxylic acids is 1. The van der Waals surface area contributed by atoms with E-state index in [2.05, 4.69) is 5.32 Å². The zero-order chi connectivity index (χ0) is 19.7. The molecule has 0 saturated carbocycles. The number of rotatable bonds is 5. The summed E-state index contributed by atoms with van der Waals surface area (Å²) < 4.78 is 2.68. The molecule has 0 saturated heterocycles. The molecular formula is C19H30N4O3. The summed E-state index contributed by atoms with van der Waals surface area (Å²) in [4.78, 5) is 25.8. The fraction of sp³-hybridized carbons (Fsp3) is 0.579. The largest absolute Gasteiger partial charge is 0.390 e. The van der Waals surface area contributed by atoms with Crippen LogP contribution in [0.15, 0.2) is 29.1 Å². The Balaban J connectivity index is 2.46.